The smallest absolute Gasteiger partial charge is 0.308 e. The molecule has 1 aromatic rings. The third kappa shape index (κ3) is 5.65. The largest absolute Gasteiger partial charge is 0.481 e. The van der Waals surface area contributed by atoms with Crippen LogP contribution in [0.15, 0.2) is 43.0 Å². The average molecular weight is 287 g/mol. The Morgan fingerprint density at radius 2 is 1.95 bits per heavy atom. The molecule has 0 radical (unpaired) electrons. The molecule has 1 rings (SSSR count). The molecule has 1 N–H and O–H groups in total. The maximum atomic E-state index is 12.1. The maximum Gasteiger partial charge on any atom is 0.308 e. The van der Waals surface area contributed by atoms with Crippen LogP contribution >= 0.6 is 0 Å². The standard InChI is InChI=1S/C17H21NO3/c1-4-11-18(12-14(3)17(20)21)16(19)10-9-15-7-5-13(2)6-8-15/h4-10,14H,1,11-12H2,2-3H3,(H,20,21)/b10-9+. The molecule has 0 saturated carbocycles. The highest BCUT2D eigenvalue weighted by atomic mass is 16.4. The van der Waals surface area contributed by atoms with Crippen LogP contribution in [0.4, 0.5) is 0 Å². The van der Waals surface area contributed by atoms with Crippen LogP contribution in [-0.2, 0) is 9.59 Å². The fraction of sp³-hybridized carbons (Fsp3) is 0.294. The zero-order valence-electron chi connectivity index (χ0n) is 12.5. The van der Waals surface area contributed by atoms with Crippen LogP contribution in [0.1, 0.15) is 18.1 Å². The summed E-state index contributed by atoms with van der Waals surface area (Å²) in [5, 5.41) is 8.93. The summed E-state index contributed by atoms with van der Waals surface area (Å²) in [5.74, 6) is -1.75. The summed E-state index contributed by atoms with van der Waals surface area (Å²) in [6.45, 7) is 7.67. The van der Waals surface area contributed by atoms with Crippen LogP contribution in [0.2, 0.25) is 0 Å². The second-order valence-corrected chi connectivity index (χ2v) is 5.02. The van der Waals surface area contributed by atoms with Crippen molar-refractivity contribution in [1.82, 2.24) is 4.90 Å². The van der Waals surface area contributed by atoms with Crippen molar-refractivity contribution in [3.8, 4) is 0 Å². The van der Waals surface area contributed by atoms with Crippen LogP contribution in [0.25, 0.3) is 6.08 Å². The Balaban J connectivity index is 2.74. The van der Waals surface area contributed by atoms with E-state index >= 15 is 0 Å². The molecule has 0 heterocycles. The Morgan fingerprint density at radius 1 is 1.33 bits per heavy atom. The Labute approximate surface area is 125 Å². The molecule has 21 heavy (non-hydrogen) atoms. The zero-order chi connectivity index (χ0) is 15.8. The maximum absolute atomic E-state index is 12.1. The normalized spacial score (nSPS) is 12.1. The van der Waals surface area contributed by atoms with Crippen molar-refractivity contribution >= 4 is 18.0 Å². The molecule has 0 aromatic heterocycles. The van der Waals surface area contributed by atoms with Crippen molar-refractivity contribution in [2.24, 2.45) is 5.92 Å². The van der Waals surface area contributed by atoms with Gasteiger partial charge in [-0.1, -0.05) is 42.8 Å². The molecular formula is C17H21NO3. The van der Waals surface area contributed by atoms with Gasteiger partial charge in [0.25, 0.3) is 0 Å². The van der Waals surface area contributed by atoms with E-state index in [0.717, 1.165) is 11.1 Å². The van der Waals surface area contributed by atoms with E-state index < -0.39 is 11.9 Å². The second kappa shape index (κ2) is 8.04. The van der Waals surface area contributed by atoms with Crippen molar-refractivity contribution in [2.75, 3.05) is 13.1 Å². The second-order valence-electron chi connectivity index (χ2n) is 5.02. The summed E-state index contributed by atoms with van der Waals surface area (Å²) < 4.78 is 0. The highest BCUT2D eigenvalue weighted by molar-refractivity contribution is 5.92. The molecule has 0 aliphatic carbocycles. The monoisotopic (exact) mass is 287 g/mol. The molecule has 0 saturated heterocycles. The number of carboxylic acid groups (broad SMARTS) is 1. The number of hydrogen-bond donors (Lipinski definition) is 1. The minimum absolute atomic E-state index is 0.165. The van der Waals surface area contributed by atoms with Gasteiger partial charge in [0, 0.05) is 19.2 Å². The lowest BCUT2D eigenvalue weighted by Crippen LogP contribution is -2.36. The summed E-state index contributed by atoms with van der Waals surface area (Å²) in [7, 11) is 0. The Morgan fingerprint density at radius 3 is 2.48 bits per heavy atom. The first-order valence-electron chi connectivity index (χ1n) is 6.81. The third-order valence-electron chi connectivity index (χ3n) is 3.07. The zero-order valence-corrected chi connectivity index (χ0v) is 12.5. The average Bonchev–Trinajstić information content (AvgIpc) is 2.45. The predicted octanol–water partition coefficient (Wildman–Crippen LogP) is 2.74. The summed E-state index contributed by atoms with van der Waals surface area (Å²) in [6, 6.07) is 7.80. The van der Waals surface area contributed by atoms with Crippen molar-refractivity contribution < 1.29 is 14.7 Å². The van der Waals surface area contributed by atoms with Crippen LogP contribution in [0, 0.1) is 12.8 Å². The summed E-state index contributed by atoms with van der Waals surface area (Å²) in [5.41, 5.74) is 2.08. The molecule has 0 bridgehead atoms. The molecule has 1 aromatic carbocycles. The fourth-order valence-corrected chi connectivity index (χ4v) is 1.77. The quantitative estimate of drug-likeness (QED) is 0.619. The molecule has 4 nitrogen and oxygen atoms in total. The van der Waals surface area contributed by atoms with Gasteiger partial charge in [-0.3, -0.25) is 9.59 Å². The molecule has 1 atom stereocenters. The highest BCUT2D eigenvalue weighted by Crippen LogP contribution is 2.07. The van der Waals surface area contributed by atoms with E-state index in [1.807, 2.05) is 31.2 Å². The number of aliphatic carboxylic acids is 1. The molecule has 1 amide bonds. The number of hydrogen-bond acceptors (Lipinski definition) is 2. The number of benzene rings is 1. The lowest BCUT2D eigenvalue weighted by Gasteiger charge is -2.21. The number of aryl methyl sites for hydroxylation is 1. The van der Waals surface area contributed by atoms with E-state index in [1.54, 1.807) is 19.1 Å². The number of rotatable bonds is 7. The van der Waals surface area contributed by atoms with E-state index in [-0.39, 0.29) is 12.5 Å². The van der Waals surface area contributed by atoms with Crippen molar-refractivity contribution in [3.05, 3.63) is 54.1 Å². The third-order valence-corrected chi connectivity index (χ3v) is 3.07. The van der Waals surface area contributed by atoms with Gasteiger partial charge in [0.15, 0.2) is 0 Å². The van der Waals surface area contributed by atoms with Gasteiger partial charge >= 0.3 is 5.97 Å². The van der Waals surface area contributed by atoms with E-state index in [1.165, 1.54) is 11.0 Å². The van der Waals surface area contributed by atoms with E-state index in [4.69, 9.17) is 5.11 Å². The van der Waals surface area contributed by atoms with Gasteiger partial charge in [-0.15, -0.1) is 6.58 Å². The van der Waals surface area contributed by atoms with Crippen LogP contribution < -0.4 is 0 Å². The van der Waals surface area contributed by atoms with Crippen molar-refractivity contribution in [2.45, 2.75) is 13.8 Å². The molecule has 1 unspecified atom stereocenters. The van der Waals surface area contributed by atoms with Crippen molar-refractivity contribution in [1.29, 1.82) is 0 Å². The van der Waals surface area contributed by atoms with Crippen LogP contribution in [0.5, 0.6) is 0 Å². The molecule has 4 heteroatoms. The van der Waals surface area contributed by atoms with Crippen molar-refractivity contribution in [3.63, 3.8) is 0 Å². The first-order valence-corrected chi connectivity index (χ1v) is 6.81. The van der Waals surface area contributed by atoms with Gasteiger partial charge < -0.3 is 10.0 Å². The number of amides is 1. The minimum atomic E-state index is -0.917. The van der Waals surface area contributed by atoms with Gasteiger partial charge in [0.1, 0.15) is 0 Å². The first-order chi connectivity index (χ1) is 9.93. The molecule has 0 spiro atoms. The lowest BCUT2D eigenvalue weighted by molar-refractivity contribution is -0.142. The predicted molar refractivity (Wildman–Crippen MR) is 83.8 cm³/mol. The molecule has 0 aliphatic heterocycles. The molecular weight excluding hydrogens is 266 g/mol. The Hall–Kier alpha value is -2.36. The summed E-state index contributed by atoms with van der Waals surface area (Å²) >= 11 is 0. The number of carbonyl (C=O) groups is 2. The summed E-state index contributed by atoms with van der Waals surface area (Å²) in [6.07, 6.45) is 4.78. The van der Waals surface area contributed by atoms with E-state index in [9.17, 15) is 9.59 Å². The number of carboxylic acids is 1. The van der Waals surface area contributed by atoms with Crippen LogP contribution in [0.3, 0.4) is 0 Å². The van der Waals surface area contributed by atoms with E-state index in [0.29, 0.717) is 6.54 Å². The van der Waals surface area contributed by atoms with Gasteiger partial charge in [-0.25, -0.2) is 0 Å². The van der Waals surface area contributed by atoms with Crippen LogP contribution in [-0.4, -0.2) is 35.0 Å². The summed E-state index contributed by atoms with van der Waals surface area (Å²) in [4.78, 5) is 24.5. The van der Waals surface area contributed by atoms with E-state index in [2.05, 4.69) is 6.58 Å². The number of carbonyl (C=O) groups excluding carboxylic acids is 1. The topological polar surface area (TPSA) is 57.6 Å². The van der Waals surface area contributed by atoms with Gasteiger partial charge in [-0.05, 0) is 18.6 Å². The fourth-order valence-electron chi connectivity index (χ4n) is 1.77. The molecule has 0 fully saturated rings. The van der Waals surface area contributed by atoms with Gasteiger partial charge in [0.05, 0.1) is 5.92 Å². The SMILES string of the molecule is C=CCN(CC(C)C(=O)O)C(=O)/C=C/c1ccc(C)cc1. The minimum Gasteiger partial charge on any atom is -0.481 e. The van der Waals surface area contributed by atoms with Gasteiger partial charge in [-0.2, -0.15) is 0 Å². The molecule has 0 aliphatic rings. The Kier molecular flexibility index (Phi) is 6.40. The number of nitrogens with zero attached hydrogens (tertiary/aromatic N) is 1. The molecule has 112 valence electrons. The highest BCUT2D eigenvalue weighted by Gasteiger charge is 2.17. The first kappa shape index (κ1) is 16.7. The Bertz CT molecular complexity index is 531. The lowest BCUT2D eigenvalue weighted by atomic mass is 10.1. The van der Waals surface area contributed by atoms with Gasteiger partial charge in [0.2, 0.25) is 5.91 Å².